The molecule has 0 heterocycles. The molecule has 0 aliphatic heterocycles. The Balaban J connectivity index is 3.21. The van der Waals surface area contributed by atoms with Gasteiger partial charge in [-0.3, -0.25) is 0 Å². The van der Waals surface area contributed by atoms with Crippen LogP contribution in [0.3, 0.4) is 0 Å². The lowest BCUT2D eigenvalue weighted by atomic mass is 10.3. The van der Waals surface area contributed by atoms with Gasteiger partial charge >= 0.3 is 0 Å². The second-order valence-corrected chi connectivity index (χ2v) is 2.74. The van der Waals surface area contributed by atoms with E-state index in [0.717, 1.165) is 0 Å². The highest BCUT2D eigenvalue weighted by Crippen LogP contribution is 2.30. The number of methoxy groups -OCH3 is 1. The zero-order chi connectivity index (χ0) is 8.43. The zero-order valence-corrected chi connectivity index (χ0v) is 7.35. The van der Waals surface area contributed by atoms with Gasteiger partial charge in [-0.25, -0.2) is 4.39 Å². The maximum absolute atomic E-state index is 12.7. The van der Waals surface area contributed by atoms with E-state index in [1.807, 2.05) is 0 Å². The van der Waals surface area contributed by atoms with Crippen LogP contribution >= 0.6 is 15.9 Å². The fraction of sp³-hybridized carbons (Fsp3) is 0.143. The van der Waals surface area contributed by atoms with Gasteiger partial charge in [0.25, 0.3) is 0 Å². The topological polar surface area (TPSA) is 29.5 Å². The molecule has 0 aliphatic carbocycles. The smallest absolute Gasteiger partial charge is 0.144 e. The summed E-state index contributed by atoms with van der Waals surface area (Å²) in [5, 5.41) is 9.05. The maximum Gasteiger partial charge on any atom is 0.144 e. The molecule has 0 aliphatic rings. The third kappa shape index (κ3) is 1.63. The molecule has 1 aromatic carbocycles. The van der Waals surface area contributed by atoms with Gasteiger partial charge in [-0.15, -0.1) is 0 Å². The van der Waals surface area contributed by atoms with E-state index in [4.69, 9.17) is 9.84 Å². The van der Waals surface area contributed by atoms with Gasteiger partial charge in [0.2, 0.25) is 0 Å². The minimum Gasteiger partial charge on any atom is -0.507 e. The number of halogens is 2. The number of phenolic OH excluding ortho intramolecular Hbond substituents is 1. The van der Waals surface area contributed by atoms with Crippen molar-refractivity contribution < 1.29 is 14.2 Å². The highest BCUT2D eigenvalue weighted by atomic mass is 79.9. The van der Waals surface area contributed by atoms with Crippen molar-refractivity contribution in [3.63, 3.8) is 0 Å². The van der Waals surface area contributed by atoms with Crippen molar-refractivity contribution in [1.29, 1.82) is 0 Å². The Hall–Kier alpha value is -0.770. The van der Waals surface area contributed by atoms with Crippen LogP contribution in [0.1, 0.15) is 0 Å². The molecule has 2 nitrogen and oxygen atoms in total. The fourth-order valence-corrected chi connectivity index (χ4v) is 0.897. The number of hydrogen-bond acceptors (Lipinski definition) is 2. The van der Waals surface area contributed by atoms with Crippen LogP contribution in [0.4, 0.5) is 4.39 Å². The molecule has 0 spiro atoms. The largest absolute Gasteiger partial charge is 0.507 e. The third-order valence-corrected chi connectivity index (χ3v) is 2.00. The highest BCUT2D eigenvalue weighted by Gasteiger charge is 2.06. The molecule has 4 heteroatoms. The van der Waals surface area contributed by atoms with E-state index in [-0.39, 0.29) is 10.2 Å². The average Bonchev–Trinajstić information content (AvgIpc) is 1.99. The second-order valence-electron chi connectivity index (χ2n) is 1.94. The number of phenols is 1. The molecule has 0 aromatic heterocycles. The molecule has 60 valence electrons. The highest BCUT2D eigenvalue weighted by molar-refractivity contribution is 9.10. The average molecular weight is 221 g/mol. The van der Waals surface area contributed by atoms with Gasteiger partial charge in [-0.05, 0) is 15.9 Å². The van der Waals surface area contributed by atoms with Gasteiger partial charge in [0, 0.05) is 12.1 Å². The minimum absolute atomic E-state index is 0.0540. The van der Waals surface area contributed by atoms with Crippen molar-refractivity contribution >= 4 is 15.9 Å². The van der Waals surface area contributed by atoms with Crippen LogP contribution in [-0.4, -0.2) is 12.2 Å². The van der Waals surface area contributed by atoms with Gasteiger partial charge < -0.3 is 9.84 Å². The standard InChI is InChI=1S/C7H6BrFO2/c1-11-4-2-5(9)7(8)6(10)3-4/h2-3,10H,1H3. The van der Waals surface area contributed by atoms with E-state index < -0.39 is 5.82 Å². The number of rotatable bonds is 1. The summed E-state index contributed by atoms with van der Waals surface area (Å²) in [6.07, 6.45) is 0. The van der Waals surface area contributed by atoms with Crippen LogP contribution in [0.5, 0.6) is 11.5 Å². The molecule has 0 unspecified atom stereocenters. The van der Waals surface area contributed by atoms with Crippen LogP contribution in [-0.2, 0) is 0 Å². The third-order valence-electron chi connectivity index (χ3n) is 1.22. The Morgan fingerprint density at radius 1 is 1.55 bits per heavy atom. The van der Waals surface area contributed by atoms with Crippen LogP contribution < -0.4 is 4.74 Å². The van der Waals surface area contributed by atoms with Gasteiger partial charge in [-0.1, -0.05) is 0 Å². The van der Waals surface area contributed by atoms with Crippen LogP contribution in [0.15, 0.2) is 16.6 Å². The van der Waals surface area contributed by atoms with E-state index in [0.29, 0.717) is 5.75 Å². The van der Waals surface area contributed by atoms with E-state index in [1.54, 1.807) is 0 Å². The Morgan fingerprint density at radius 3 is 2.64 bits per heavy atom. The molecule has 11 heavy (non-hydrogen) atoms. The Labute approximate surface area is 71.7 Å². The molecule has 1 rings (SSSR count). The quantitative estimate of drug-likeness (QED) is 0.788. The van der Waals surface area contributed by atoms with Crippen LogP contribution in [0.25, 0.3) is 0 Å². The minimum atomic E-state index is -0.540. The van der Waals surface area contributed by atoms with Crippen molar-refractivity contribution in [1.82, 2.24) is 0 Å². The summed E-state index contributed by atoms with van der Waals surface area (Å²) in [6.45, 7) is 0. The van der Waals surface area contributed by atoms with Gasteiger partial charge in [0.05, 0.1) is 11.6 Å². The number of benzene rings is 1. The van der Waals surface area contributed by atoms with Gasteiger partial charge in [0.15, 0.2) is 0 Å². The Morgan fingerprint density at radius 2 is 2.18 bits per heavy atom. The Bertz CT molecular complexity index is 252. The number of aromatic hydroxyl groups is 1. The monoisotopic (exact) mass is 220 g/mol. The molecule has 0 amide bonds. The molecule has 0 saturated heterocycles. The Kier molecular flexibility index (Phi) is 2.34. The molecular weight excluding hydrogens is 215 g/mol. The van der Waals surface area contributed by atoms with E-state index in [9.17, 15) is 4.39 Å². The first-order valence-corrected chi connectivity index (χ1v) is 3.66. The normalized spacial score (nSPS) is 9.73. The molecule has 1 N–H and O–H groups in total. The van der Waals surface area contributed by atoms with Gasteiger partial charge in [0.1, 0.15) is 17.3 Å². The first kappa shape index (κ1) is 8.33. The molecule has 0 atom stereocenters. The van der Waals surface area contributed by atoms with Crippen LogP contribution in [0.2, 0.25) is 0 Å². The first-order chi connectivity index (χ1) is 5.15. The molecule has 0 saturated carbocycles. The fourth-order valence-electron chi connectivity index (χ4n) is 0.668. The number of ether oxygens (including phenoxy) is 1. The van der Waals surface area contributed by atoms with Crippen molar-refractivity contribution in [2.24, 2.45) is 0 Å². The molecule has 0 bridgehead atoms. The van der Waals surface area contributed by atoms with Crippen molar-refractivity contribution in [2.75, 3.05) is 7.11 Å². The van der Waals surface area contributed by atoms with Crippen molar-refractivity contribution in [3.8, 4) is 11.5 Å². The second kappa shape index (κ2) is 3.09. The summed E-state index contributed by atoms with van der Waals surface area (Å²) in [5.74, 6) is -0.410. The van der Waals surface area contributed by atoms with E-state index >= 15 is 0 Å². The predicted octanol–water partition coefficient (Wildman–Crippen LogP) is 2.30. The summed E-state index contributed by atoms with van der Waals surface area (Å²) in [5.41, 5.74) is 0. The van der Waals surface area contributed by atoms with Crippen molar-refractivity contribution in [2.45, 2.75) is 0 Å². The maximum atomic E-state index is 12.7. The lowest BCUT2D eigenvalue weighted by molar-refractivity contribution is 0.401. The molecule has 1 aromatic rings. The summed E-state index contributed by atoms with van der Waals surface area (Å²) in [4.78, 5) is 0. The zero-order valence-electron chi connectivity index (χ0n) is 5.77. The van der Waals surface area contributed by atoms with Gasteiger partial charge in [-0.2, -0.15) is 0 Å². The lowest BCUT2D eigenvalue weighted by Crippen LogP contribution is -1.85. The summed E-state index contributed by atoms with van der Waals surface area (Å²) < 4.78 is 17.5. The van der Waals surface area contributed by atoms with Crippen molar-refractivity contribution in [3.05, 3.63) is 22.4 Å². The lowest BCUT2D eigenvalue weighted by Gasteiger charge is -2.02. The van der Waals surface area contributed by atoms with Crippen LogP contribution in [0, 0.1) is 5.82 Å². The first-order valence-electron chi connectivity index (χ1n) is 2.87. The van der Waals surface area contributed by atoms with E-state index in [2.05, 4.69) is 15.9 Å². The molecular formula is C7H6BrFO2. The SMILES string of the molecule is COc1cc(O)c(Br)c(F)c1. The molecule has 0 radical (unpaired) electrons. The number of hydrogen-bond donors (Lipinski definition) is 1. The summed E-state index contributed by atoms with van der Waals surface area (Å²) in [6, 6.07) is 2.51. The molecule has 0 fully saturated rings. The van der Waals surface area contributed by atoms with E-state index in [1.165, 1.54) is 19.2 Å². The predicted molar refractivity (Wildman–Crippen MR) is 42.3 cm³/mol. The summed E-state index contributed by atoms with van der Waals surface area (Å²) in [7, 11) is 1.40. The summed E-state index contributed by atoms with van der Waals surface area (Å²) >= 11 is 2.86.